The number of aliphatic imine (C=N–C) groups is 1. The largest absolute Gasteiger partial charge is 0.450 e. The molecule has 11 heterocycles. The van der Waals surface area contributed by atoms with Crippen LogP contribution >= 0.6 is 0 Å². The van der Waals surface area contributed by atoms with E-state index in [4.69, 9.17) is 94.7 Å². The van der Waals surface area contributed by atoms with Crippen LogP contribution in [0.5, 0.6) is 0 Å². The van der Waals surface area contributed by atoms with Gasteiger partial charge in [0.05, 0.1) is 66.1 Å². The van der Waals surface area contributed by atoms with Crippen molar-refractivity contribution in [1.29, 1.82) is 0 Å². The molecule has 0 amide bonds. The van der Waals surface area contributed by atoms with Gasteiger partial charge in [0.2, 0.25) is 6.29 Å². The van der Waals surface area contributed by atoms with Crippen molar-refractivity contribution < 1.29 is 248 Å². The number of nitrogens with zero attached hydrogens (tertiary/aromatic N) is 1. The lowest BCUT2D eigenvalue weighted by Crippen LogP contribution is -2.69. The van der Waals surface area contributed by atoms with Crippen LogP contribution in [0.15, 0.2) is 4.99 Å². The Bertz CT molecular complexity index is 2950. The highest BCUT2D eigenvalue weighted by molar-refractivity contribution is 5.75. The minimum atomic E-state index is -2.52. The Morgan fingerprint density at radius 3 is 0.814 bits per heavy atom. The summed E-state index contributed by atoms with van der Waals surface area (Å²) in [7, 11) is 0. The van der Waals surface area contributed by atoms with Gasteiger partial charge in [-0.2, -0.15) is 0 Å². The Morgan fingerprint density at radius 1 is 0.221 bits per heavy atom. The van der Waals surface area contributed by atoms with Crippen molar-refractivity contribution >= 4 is 5.90 Å². The van der Waals surface area contributed by atoms with Crippen molar-refractivity contribution in [3.63, 3.8) is 0 Å². The highest BCUT2D eigenvalue weighted by Crippen LogP contribution is 2.41. The molecule has 0 aromatic carbocycles. The van der Waals surface area contributed by atoms with Crippen LogP contribution in [-0.2, 0) is 94.7 Å². The predicted octanol–water partition coefficient (Wildman–Crippen LogP) is -21.3. The third kappa shape index (κ3) is 18.8. The molecule has 30 N–H and O–H groups in total. The number of rotatable bonds is 28. The summed E-state index contributed by atoms with van der Waals surface area (Å²) in [6.45, 7) is -9.47. The molecule has 0 saturated carbocycles. The van der Waals surface area contributed by atoms with Crippen LogP contribution < -0.4 is 0 Å². The SMILES string of the molecule is CC1=NC2C(O)[C@H](O[C@@H]3OC(CO[C@H]4OC(CO[C@H]5OC(CO)[C@@H](O)C(O)C5O[C@H]5OC(CO)[C@@H](O)C(O)C5O)[C@@H](O)C(O[C@H]5O[C@@H](CO)[C@@H](O)C(O)C5O[C@H]5O[C@@H](CO)[C@@H](O)C(O)C5O)C4O)[C@@H](O)C(O[C@H]4O[C@@H](CO)[C@@H](O)C(O)C4O[C@H]4O[C@@H](CO)[C@@H](O)C(O)C4O[C@H]4O[C@@H](CO)[C@@H](O)C(O)C4O)C3O)C(CO)O[C@@H]2O1. The Labute approximate surface area is 637 Å². The van der Waals surface area contributed by atoms with E-state index in [1.807, 2.05) is 0 Å². The topological polar surface area (TPSA) is 804 Å². The maximum absolute atomic E-state index is 12.6. The maximum atomic E-state index is 12.6. The molecule has 10 saturated heterocycles. The predicted molar refractivity (Wildman–Crippen MR) is 339 cm³/mol. The van der Waals surface area contributed by atoms with Crippen LogP contribution in [0.1, 0.15) is 6.92 Å². The summed E-state index contributed by atoms with van der Waals surface area (Å²) in [6, 6.07) is -1.31. The summed E-state index contributed by atoms with van der Waals surface area (Å²) in [6.07, 6.45) is -104. The molecule has 51 nitrogen and oxygen atoms in total. The molecule has 25 unspecified atom stereocenters. The average Bonchev–Trinajstić information content (AvgIpc) is 1.03. The van der Waals surface area contributed by atoms with Crippen LogP contribution in [0.25, 0.3) is 0 Å². The highest BCUT2D eigenvalue weighted by atomic mass is 16.8. The summed E-state index contributed by atoms with van der Waals surface area (Å²) in [5, 5.41) is 331. The molecule has 0 aromatic heterocycles. The molecule has 113 heavy (non-hydrogen) atoms. The number of aliphatic hydroxyl groups excluding tert-OH is 30. The van der Waals surface area contributed by atoms with Crippen molar-refractivity contribution in [2.24, 2.45) is 4.99 Å². The van der Waals surface area contributed by atoms with Crippen LogP contribution in [0.4, 0.5) is 0 Å². The summed E-state index contributed by atoms with van der Waals surface area (Å²) < 4.78 is 117. The molecule has 0 bridgehead atoms. The van der Waals surface area contributed by atoms with Gasteiger partial charge < -0.3 is 248 Å². The molecule has 11 aliphatic rings. The van der Waals surface area contributed by atoms with Crippen molar-refractivity contribution in [3.05, 3.63) is 0 Å². The quantitative estimate of drug-likeness (QED) is 0.0346. The molecule has 0 radical (unpaired) electrons. The normalized spacial score (nSPS) is 53.4. The molecule has 0 aromatic rings. The van der Waals surface area contributed by atoms with Gasteiger partial charge in [-0.1, -0.05) is 0 Å². The standard InChI is InChI=1S/C62H103NO50/c1-12-63-23-33(81)46(20(9-71)104-53(23)96-12)107-58-45(93)48(109-61-52(40(88)30(78)18(7-69)102-61)113-62-51(39(87)29(77)19(8-70)103-62)112-57-43(91)36(84)26(74)15(4-66)99-57)32(80)22(106-58)10-94-54-44(92)47(108-60-50(38(86)28(76)17(6-68)101-60)111-56-42(90)35(83)25(73)14(3-65)98-56)31(79)21(105-54)11-95-59-49(37(85)27(75)16(5-67)100-59)110-55-41(89)34(82)24(72)13(2-64)97-55/h13-62,64-93H,2-11H2,1H3/t13?,14-,15-,16?,17-,18-,19-,20?,21?,22?,23?,24+,25+,26+,27+,28+,29+,30+,31+,32+,33?,34?,35?,36?,37?,38?,39?,40?,41?,42?,43?,44?,45?,46+,47?,48?,49?,50?,51?,52?,53-,54-,55+,56+,57+,58-,59-,60+,61+,62+/m0/s1. The molecule has 11 aliphatic heterocycles. The first-order valence-corrected chi connectivity index (χ1v) is 36.1. The lowest BCUT2D eigenvalue weighted by Gasteiger charge is -2.50. The molecule has 0 spiro atoms. The molecule has 50 atom stereocenters. The van der Waals surface area contributed by atoms with E-state index in [1.165, 1.54) is 6.92 Å². The molecular weight excluding hydrogens is 1560 g/mol. The second kappa shape index (κ2) is 39.1. The lowest BCUT2D eigenvalue weighted by atomic mass is 9.95. The average molecular weight is 1660 g/mol. The van der Waals surface area contributed by atoms with E-state index in [0.717, 1.165) is 0 Å². The smallest absolute Gasteiger partial charge is 0.227 e. The van der Waals surface area contributed by atoms with Gasteiger partial charge >= 0.3 is 0 Å². The summed E-state index contributed by atoms with van der Waals surface area (Å²) in [4.78, 5) is 4.21. The van der Waals surface area contributed by atoms with E-state index >= 15 is 0 Å². The van der Waals surface area contributed by atoms with Crippen molar-refractivity contribution in [2.75, 3.05) is 66.1 Å². The van der Waals surface area contributed by atoms with Crippen LogP contribution in [0.3, 0.4) is 0 Å². The van der Waals surface area contributed by atoms with Crippen molar-refractivity contribution in [2.45, 2.75) is 314 Å². The zero-order valence-corrected chi connectivity index (χ0v) is 59.5. The Hall–Kier alpha value is -2.49. The summed E-state index contributed by atoms with van der Waals surface area (Å²) in [5.74, 6) is 0.000464. The fourth-order valence-corrected chi connectivity index (χ4v) is 14.8. The van der Waals surface area contributed by atoms with E-state index < -0.39 is 373 Å². The minimum Gasteiger partial charge on any atom is -0.450 e. The number of fused-ring (bicyclic) bond motifs is 1. The third-order valence-corrected chi connectivity index (χ3v) is 21.5. The monoisotopic (exact) mass is 1660 g/mol. The fraction of sp³-hybridized carbons (Fsp3) is 0.984. The zero-order chi connectivity index (χ0) is 82.4. The molecule has 656 valence electrons. The lowest BCUT2D eigenvalue weighted by molar-refractivity contribution is -0.408. The van der Waals surface area contributed by atoms with Crippen LogP contribution in [-0.4, -0.2) is 532 Å². The van der Waals surface area contributed by atoms with Gasteiger partial charge in [0, 0.05) is 6.92 Å². The first-order chi connectivity index (χ1) is 53.7. The van der Waals surface area contributed by atoms with Gasteiger partial charge in [0.15, 0.2) is 62.5 Å². The fourth-order valence-electron chi connectivity index (χ4n) is 14.8. The Balaban J connectivity index is 0.926. The molecular formula is C62H103NO50. The van der Waals surface area contributed by atoms with Gasteiger partial charge in [0.25, 0.3) is 0 Å². The van der Waals surface area contributed by atoms with Crippen LogP contribution in [0.2, 0.25) is 0 Å². The van der Waals surface area contributed by atoms with E-state index in [2.05, 4.69) is 4.99 Å². The second-order valence-electron chi connectivity index (χ2n) is 28.8. The maximum Gasteiger partial charge on any atom is 0.227 e. The van der Waals surface area contributed by atoms with Gasteiger partial charge in [-0.25, -0.2) is 4.99 Å². The molecule has 0 aliphatic carbocycles. The van der Waals surface area contributed by atoms with Gasteiger partial charge in [0.1, 0.15) is 244 Å². The Kier molecular flexibility index (Phi) is 31.6. The van der Waals surface area contributed by atoms with Crippen molar-refractivity contribution in [3.8, 4) is 0 Å². The zero-order valence-electron chi connectivity index (χ0n) is 59.5. The van der Waals surface area contributed by atoms with Gasteiger partial charge in [-0.3, -0.25) is 0 Å². The minimum absolute atomic E-state index is 0.000464. The first kappa shape index (κ1) is 91.3. The second-order valence-corrected chi connectivity index (χ2v) is 28.8. The number of hydrogen-bond acceptors (Lipinski definition) is 51. The van der Waals surface area contributed by atoms with E-state index in [-0.39, 0.29) is 5.90 Å². The summed E-state index contributed by atoms with van der Waals surface area (Å²) >= 11 is 0. The number of ether oxygens (including phenoxy) is 20. The van der Waals surface area contributed by atoms with E-state index in [0.29, 0.717) is 0 Å². The molecule has 51 heteroatoms. The molecule has 10 fully saturated rings. The van der Waals surface area contributed by atoms with Crippen molar-refractivity contribution in [1.82, 2.24) is 0 Å². The van der Waals surface area contributed by atoms with E-state index in [1.54, 1.807) is 0 Å². The number of aliphatic hydroxyl groups is 30. The summed E-state index contributed by atoms with van der Waals surface area (Å²) in [5.41, 5.74) is 0. The number of hydrogen-bond donors (Lipinski definition) is 30. The van der Waals surface area contributed by atoms with Gasteiger partial charge in [-0.05, 0) is 0 Å². The van der Waals surface area contributed by atoms with Gasteiger partial charge in [-0.15, -0.1) is 0 Å². The van der Waals surface area contributed by atoms with Crippen LogP contribution in [0, 0.1) is 0 Å². The van der Waals surface area contributed by atoms with E-state index in [9.17, 15) is 153 Å². The molecule has 11 rings (SSSR count). The first-order valence-electron chi connectivity index (χ1n) is 36.1. The third-order valence-electron chi connectivity index (χ3n) is 21.5. The Morgan fingerprint density at radius 2 is 0.469 bits per heavy atom. The highest BCUT2D eigenvalue weighted by Gasteiger charge is 2.62.